The highest BCUT2D eigenvalue weighted by molar-refractivity contribution is 7.99. The predicted octanol–water partition coefficient (Wildman–Crippen LogP) is 6.46. The third-order valence-corrected chi connectivity index (χ3v) is 7.31. The van der Waals surface area contributed by atoms with E-state index in [9.17, 15) is 4.79 Å². The summed E-state index contributed by atoms with van der Waals surface area (Å²) in [6.07, 6.45) is 1.34. The van der Waals surface area contributed by atoms with E-state index in [1.54, 1.807) is 23.1 Å². The molecule has 168 valence electrons. The molecule has 0 bridgehead atoms. The molecule has 1 aromatic heterocycles. The quantitative estimate of drug-likeness (QED) is 0.251. The van der Waals surface area contributed by atoms with Crippen molar-refractivity contribution in [1.29, 1.82) is 0 Å². The molecule has 0 spiro atoms. The van der Waals surface area contributed by atoms with Crippen molar-refractivity contribution in [2.45, 2.75) is 31.6 Å². The second-order valence-electron chi connectivity index (χ2n) is 7.68. The van der Waals surface area contributed by atoms with E-state index in [-0.39, 0.29) is 18.3 Å². The van der Waals surface area contributed by atoms with Crippen LogP contribution in [0.25, 0.3) is 10.2 Å². The maximum Gasteiger partial charge on any atom is 0.228 e. The third kappa shape index (κ3) is 7.36. The van der Waals surface area contributed by atoms with Gasteiger partial charge in [0.2, 0.25) is 5.91 Å². The number of rotatable bonds is 9. The number of hydrogen-bond acceptors (Lipinski definition) is 5. The van der Waals surface area contributed by atoms with E-state index in [1.807, 2.05) is 43.3 Å². The second kappa shape index (κ2) is 12.1. The van der Waals surface area contributed by atoms with Gasteiger partial charge in [-0.3, -0.25) is 9.69 Å². The Kier molecular flexibility index (Phi) is 10.1. The van der Waals surface area contributed by atoms with Crippen molar-refractivity contribution in [3.63, 3.8) is 0 Å². The van der Waals surface area contributed by atoms with Crippen molar-refractivity contribution in [3.05, 3.63) is 52.5 Å². The van der Waals surface area contributed by atoms with Crippen LogP contribution in [0.3, 0.4) is 0 Å². The molecule has 0 saturated heterocycles. The van der Waals surface area contributed by atoms with E-state index in [2.05, 4.69) is 30.9 Å². The molecule has 0 aliphatic carbocycles. The molecule has 0 saturated carbocycles. The summed E-state index contributed by atoms with van der Waals surface area (Å²) in [5.74, 6) is 1.04. The SMILES string of the molecule is Cc1cc(C)c2sc(N(CCN(C)C)C(=O)CCCSc3ccc(Cl)cc3)nc2c1.Cl. The number of hydrogen-bond donors (Lipinski definition) is 0. The first-order valence-corrected chi connectivity index (χ1v) is 12.2. The summed E-state index contributed by atoms with van der Waals surface area (Å²) in [5.41, 5.74) is 3.39. The van der Waals surface area contributed by atoms with Gasteiger partial charge in [0, 0.05) is 29.4 Å². The molecule has 0 atom stereocenters. The van der Waals surface area contributed by atoms with Gasteiger partial charge in [-0.2, -0.15) is 0 Å². The van der Waals surface area contributed by atoms with Crippen LogP contribution in [0, 0.1) is 13.8 Å². The van der Waals surface area contributed by atoms with Gasteiger partial charge in [0.05, 0.1) is 10.2 Å². The van der Waals surface area contributed by atoms with Crippen LogP contribution in [-0.4, -0.2) is 48.7 Å². The van der Waals surface area contributed by atoms with Gasteiger partial charge in [-0.15, -0.1) is 24.2 Å². The number of thioether (sulfide) groups is 1. The van der Waals surface area contributed by atoms with E-state index in [4.69, 9.17) is 16.6 Å². The van der Waals surface area contributed by atoms with Gasteiger partial charge in [-0.25, -0.2) is 4.98 Å². The molecule has 3 rings (SSSR count). The molecule has 2 aromatic carbocycles. The zero-order valence-electron chi connectivity index (χ0n) is 18.4. The van der Waals surface area contributed by atoms with Crippen LogP contribution in [0.1, 0.15) is 24.0 Å². The lowest BCUT2D eigenvalue weighted by Gasteiger charge is -2.22. The summed E-state index contributed by atoms with van der Waals surface area (Å²) in [5, 5.41) is 1.54. The zero-order valence-corrected chi connectivity index (χ0v) is 21.6. The third-order valence-electron chi connectivity index (χ3n) is 4.73. The van der Waals surface area contributed by atoms with E-state index in [1.165, 1.54) is 16.0 Å². The van der Waals surface area contributed by atoms with Gasteiger partial charge in [-0.1, -0.05) is 29.0 Å². The summed E-state index contributed by atoms with van der Waals surface area (Å²) in [6, 6.07) is 12.1. The number of benzene rings is 2. The Balaban J connectivity index is 0.00000341. The molecule has 4 nitrogen and oxygen atoms in total. The molecule has 0 fully saturated rings. The molecule has 8 heteroatoms. The van der Waals surface area contributed by atoms with Gasteiger partial charge in [0.25, 0.3) is 0 Å². The number of nitrogens with zero attached hydrogens (tertiary/aromatic N) is 3. The van der Waals surface area contributed by atoms with E-state index in [0.717, 1.165) is 39.1 Å². The summed E-state index contributed by atoms with van der Waals surface area (Å²) in [6.45, 7) is 5.64. The normalized spacial score (nSPS) is 11.0. The smallest absolute Gasteiger partial charge is 0.228 e. The maximum absolute atomic E-state index is 13.1. The fourth-order valence-corrected chi connectivity index (χ4v) is 5.22. The lowest BCUT2D eigenvalue weighted by Crippen LogP contribution is -2.36. The molecule has 0 N–H and O–H groups in total. The van der Waals surface area contributed by atoms with Crippen molar-refractivity contribution in [2.75, 3.05) is 37.8 Å². The first kappa shape index (κ1) is 25.9. The van der Waals surface area contributed by atoms with Crippen LogP contribution in [0.15, 0.2) is 41.3 Å². The number of aryl methyl sites for hydroxylation is 2. The minimum absolute atomic E-state index is 0. The molecule has 0 unspecified atom stereocenters. The standard InChI is InChI=1S/C23H28ClN3OS2.ClH/c1-16-14-17(2)22-20(15-16)25-23(30-22)27(12-11-26(3)4)21(28)6-5-13-29-19-9-7-18(24)8-10-19;/h7-10,14-15H,5-6,11-13H2,1-4H3;1H. The fourth-order valence-electron chi connectivity index (χ4n) is 3.19. The molecular formula is C23H29Cl2N3OS2. The van der Waals surface area contributed by atoms with Crippen molar-refractivity contribution < 1.29 is 4.79 Å². The molecule has 1 heterocycles. The van der Waals surface area contributed by atoms with Crippen molar-refractivity contribution >= 4 is 68.4 Å². The van der Waals surface area contributed by atoms with Crippen molar-refractivity contribution in [3.8, 4) is 0 Å². The Labute approximate surface area is 204 Å². The highest BCUT2D eigenvalue weighted by Crippen LogP contribution is 2.32. The molecule has 0 aliphatic heterocycles. The topological polar surface area (TPSA) is 36.4 Å². The Morgan fingerprint density at radius 2 is 1.84 bits per heavy atom. The molecule has 1 amide bonds. The van der Waals surface area contributed by atoms with Gasteiger partial charge in [-0.05, 0) is 81.6 Å². The number of thiazole rings is 1. The minimum Gasteiger partial charge on any atom is -0.308 e. The molecule has 3 aromatic rings. The molecule has 0 radical (unpaired) electrons. The number of aromatic nitrogens is 1. The number of halogens is 2. The Bertz CT molecular complexity index is 1010. The van der Waals surface area contributed by atoms with Gasteiger partial charge in [0.1, 0.15) is 0 Å². The summed E-state index contributed by atoms with van der Waals surface area (Å²) >= 11 is 9.31. The summed E-state index contributed by atoms with van der Waals surface area (Å²) in [7, 11) is 4.05. The van der Waals surface area contributed by atoms with Crippen LogP contribution < -0.4 is 4.90 Å². The van der Waals surface area contributed by atoms with E-state index < -0.39 is 0 Å². The first-order valence-electron chi connectivity index (χ1n) is 10.0. The number of amides is 1. The largest absolute Gasteiger partial charge is 0.308 e. The highest BCUT2D eigenvalue weighted by atomic mass is 35.5. The maximum atomic E-state index is 13.1. The van der Waals surface area contributed by atoms with Crippen molar-refractivity contribution in [2.24, 2.45) is 0 Å². The van der Waals surface area contributed by atoms with Gasteiger partial charge in [0.15, 0.2) is 5.13 Å². The molecular weight excluding hydrogens is 469 g/mol. The average Bonchev–Trinajstić information content (AvgIpc) is 3.10. The Hall–Kier alpha value is -1.31. The Morgan fingerprint density at radius 3 is 2.52 bits per heavy atom. The van der Waals surface area contributed by atoms with Crippen LogP contribution in [-0.2, 0) is 4.79 Å². The molecule has 0 aliphatic rings. The fraction of sp³-hybridized carbons (Fsp3) is 0.391. The first-order chi connectivity index (χ1) is 14.3. The van der Waals surface area contributed by atoms with Gasteiger partial charge < -0.3 is 4.90 Å². The predicted molar refractivity (Wildman–Crippen MR) is 139 cm³/mol. The average molecular weight is 499 g/mol. The monoisotopic (exact) mass is 497 g/mol. The zero-order chi connectivity index (χ0) is 21.7. The van der Waals surface area contributed by atoms with Gasteiger partial charge >= 0.3 is 0 Å². The number of carbonyl (C=O) groups is 1. The highest BCUT2D eigenvalue weighted by Gasteiger charge is 2.20. The lowest BCUT2D eigenvalue weighted by molar-refractivity contribution is -0.118. The number of anilines is 1. The summed E-state index contributed by atoms with van der Waals surface area (Å²) in [4.78, 5) is 23.0. The van der Waals surface area contributed by atoms with Crippen molar-refractivity contribution in [1.82, 2.24) is 9.88 Å². The number of carbonyl (C=O) groups excluding carboxylic acids is 1. The van der Waals surface area contributed by atoms with Crippen LogP contribution in [0.4, 0.5) is 5.13 Å². The van der Waals surface area contributed by atoms with Crippen LogP contribution >= 0.6 is 47.1 Å². The minimum atomic E-state index is 0. The van der Waals surface area contributed by atoms with Crippen LogP contribution in [0.5, 0.6) is 0 Å². The number of likely N-dealkylation sites (N-methyl/N-ethyl adjacent to an activating group) is 1. The Morgan fingerprint density at radius 1 is 1.13 bits per heavy atom. The van der Waals surface area contributed by atoms with E-state index in [0.29, 0.717) is 13.0 Å². The van der Waals surface area contributed by atoms with Crippen LogP contribution in [0.2, 0.25) is 5.02 Å². The number of fused-ring (bicyclic) bond motifs is 1. The molecule has 31 heavy (non-hydrogen) atoms. The van der Waals surface area contributed by atoms with E-state index >= 15 is 0 Å². The lowest BCUT2D eigenvalue weighted by atomic mass is 10.1. The summed E-state index contributed by atoms with van der Waals surface area (Å²) < 4.78 is 1.16. The second-order valence-corrected chi connectivity index (χ2v) is 10.3.